The van der Waals surface area contributed by atoms with Gasteiger partial charge in [-0.25, -0.2) is 0 Å². The lowest BCUT2D eigenvalue weighted by atomic mass is 10.2. The van der Waals surface area contributed by atoms with E-state index in [4.69, 9.17) is 0 Å². The Labute approximate surface area is 102 Å². The van der Waals surface area contributed by atoms with Crippen molar-refractivity contribution < 1.29 is 4.79 Å². The largest absolute Gasteiger partial charge is 0.355 e. The van der Waals surface area contributed by atoms with Crippen LogP contribution in [0, 0.1) is 0 Å². The minimum atomic E-state index is 0.174. The molecule has 90 valence electrons. The van der Waals surface area contributed by atoms with Crippen LogP contribution in [0.3, 0.4) is 0 Å². The van der Waals surface area contributed by atoms with Crippen LogP contribution in [0.25, 0.3) is 0 Å². The van der Waals surface area contributed by atoms with Gasteiger partial charge < -0.3 is 10.2 Å². The number of alkyl halides is 1. The van der Waals surface area contributed by atoms with Crippen LogP contribution in [0.1, 0.15) is 33.1 Å². The highest BCUT2D eigenvalue weighted by Gasteiger charge is 2.04. The summed E-state index contributed by atoms with van der Waals surface area (Å²) in [5.74, 6) is 0.174. The summed E-state index contributed by atoms with van der Waals surface area (Å²) < 4.78 is 0. The summed E-state index contributed by atoms with van der Waals surface area (Å²) in [6, 6.07) is 0.537. The number of hydrogen-bond donors (Lipinski definition) is 1. The first-order valence-corrected chi connectivity index (χ1v) is 6.73. The third kappa shape index (κ3) is 8.88. The Bertz CT molecular complexity index is 174. The second kappa shape index (κ2) is 9.16. The summed E-state index contributed by atoms with van der Waals surface area (Å²) in [7, 11) is 2.07. The van der Waals surface area contributed by atoms with Crippen molar-refractivity contribution >= 4 is 21.8 Å². The van der Waals surface area contributed by atoms with Crippen molar-refractivity contribution in [2.45, 2.75) is 39.2 Å². The van der Waals surface area contributed by atoms with Gasteiger partial charge in [0.05, 0.1) is 0 Å². The Morgan fingerprint density at radius 3 is 2.60 bits per heavy atom. The number of hydrogen-bond acceptors (Lipinski definition) is 2. The summed E-state index contributed by atoms with van der Waals surface area (Å²) in [5, 5.41) is 3.91. The smallest absolute Gasteiger partial charge is 0.220 e. The second-order valence-electron chi connectivity index (χ2n) is 4.07. The second-order valence-corrected chi connectivity index (χ2v) is 4.86. The van der Waals surface area contributed by atoms with Crippen LogP contribution in [0.4, 0.5) is 0 Å². The molecule has 0 spiro atoms. The lowest BCUT2D eigenvalue weighted by Gasteiger charge is -2.20. The van der Waals surface area contributed by atoms with Gasteiger partial charge in [0.15, 0.2) is 0 Å². The highest BCUT2D eigenvalue weighted by molar-refractivity contribution is 9.09. The van der Waals surface area contributed by atoms with Crippen molar-refractivity contribution in [3.63, 3.8) is 0 Å². The van der Waals surface area contributed by atoms with Crippen LogP contribution in [-0.4, -0.2) is 42.3 Å². The molecule has 0 heterocycles. The van der Waals surface area contributed by atoms with Gasteiger partial charge in [0.2, 0.25) is 5.91 Å². The number of nitrogens with zero attached hydrogens (tertiary/aromatic N) is 1. The predicted molar refractivity (Wildman–Crippen MR) is 68.4 cm³/mol. The van der Waals surface area contributed by atoms with Gasteiger partial charge in [-0.15, -0.1) is 0 Å². The summed E-state index contributed by atoms with van der Waals surface area (Å²) in [5.41, 5.74) is 0. The normalized spacial score (nSPS) is 11.1. The molecule has 4 heteroatoms. The first-order chi connectivity index (χ1) is 7.07. The molecule has 0 saturated heterocycles. The lowest BCUT2D eigenvalue weighted by molar-refractivity contribution is -0.121. The van der Waals surface area contributed by atoms with Gasteiger partial charge in [-0.1, -0.05) is 15.9 Å². The van der Waals surface area contributed by atoms with Gasteiger partial charge >= 0.3 is 0 Å². The van der Waals surface area contributed by atoms with Gasteiger partial charge in [0.25, 0.3) is 0 Å². The molecule has 0 aliphatic rings. The number of nitrogens with one attached hydrogen (secondary N) is 1. The molecule has 1 N–H and O–H groups in total. The SMILES string of the molecule is CC(C)N(C)CCNC(=O)CCCCBr. The molecule has 0 aromatic rings. The number of carbonyl (C=O) groups excluding carboxylic acids is 1. The molecule has 1 amide bonds. The molecule has 0 aliphatic heterocycles. The third-order valence-corrected chi connectivity index (χ3v) is 3.02. The first-order valence-electron chi connectivity index (χ1n) is 5.60. The van der Waals surface area contributed by atoms with Crippen molar-refractivity contribution in [3.8, 4) is 0 Å². The Morgan fingerprint density at radius 2 is 2.07 bits per heavy atom. The average Bonchev–Trinajstić information content (AvgIpc) is 2.18. The van der Waals surface area contributed by atoms with E-state index in [9.17, 15) is 4.79 Å². The molecule has 0 rings (SSSR count). The maximum atomic E-state index is 11.3. The van der Waals surface area contributed by atoms with E-state index < -0.39 is 0 Å². The summed E-state index contributed by atoms with van der Waals surface area (Å²) >= 11 is 3.35. The average molecular weight is 279 g/mol. The van der Waals surface area contributed by atoms with Crippen LogP contribution in [0.2, 0.25) is 0 Å². The van der Waals surface area contributed by atoms with Crippen molar-refractivity contribution in [3.05, 3.63) is 0 Å². The summed E-state index contributed by atoms with van der Waals surface area (Å²) in [4.78, 5) is 13.5. The highest BCUT2D eigenvalue weighted by atomic mass is 79.9. The Kier molecular flexibility index (Phi) is 9.10. The van der Waals surface area contributed by atoms with Gasteiger partial charge in [-0.3, -0.25) is 4.79 Å². The maximum Gasteiger partial charge on any atom is 0.220 e. The number of rotatable bonds is 8. The van der Waals surface area contributed by atoms with E-state index in [2.05, 4.69) is 47.0 Å². The molecule has 0 unspecified atom stereocenters. The van der Waals surface area contributed by atoms with Crippen molar-refractivity contribution in [2.75, 3.05) is 25.5 Å². The molecule has 0 aromatic carbocycles. The minimum Gasteiger partial charge on any atom is -0.355 e. The number of halogens is 1. The van der Waals surface area contributed by atoms with E-state index >= 15 is 0 Å². The van der Waals surface area contributed by atoms with Gasteiger partial charge in [-0.05, 0) is 33.7 Å². The molecular weight excluding hydrogens is 256 g/mol. The maximum absolute atomic E-state index is 11.3. The molecule has 0 fully saturated rings. The number of unbranched alkanes of at least 4 members (excludes halogenated alkanes) is 1. The number of amides is 1. The van der Waals surface area contributed by atoms with Crippen LogP contribution in [0.15, 0.2) is 0 Å². The van der Waals surface area contributed by atoms with Crippen LogP contribution in [-0.2, 0) is 4.79 Å². The third-order valence-electron chi connectivity index (χ3n) is 2.46. The topological polar surface area (TPSA) is 32.3 Å². The quantitative estimate of drug-likeness (QED) is 0.544. The van der Waals surface area contributed by atoms with E-state index in [1.165, 1.54) is 0 Å². The predicted octanol–water partition coefficient (Wildman–Crippen LogP) is 2.01. The van der Waals surface area contributed by atoms with Crippen LogP contribution < -0.4 is 5.32 Å². The molecular formula is C11H23BrN2O. The molecule has 0 atom stereocenters. The van der Waals surface area contributed by atoms with Crippen LogP contribution in [0.5, 0.6) is 0 Å². The molecule has 3 nitrogen and oxygen atoms in total. The highest BCUT2D eigenvalue weighted by Crippen LogP contribution is 1.98. The van der Waals surface area contributed by atoms with E-state index in [-0.39, 0.29) is 5.91 Å². The van der Waals surface area contributed by atoms with E-state index in [0.717, 1.165) is 31.3 Å². The minimum absolute atomic E-state index is 0.174. The van der Waals surface area contributed by atoms with E-state index in [1.807, 2.05) is 0 Å². The van der Waals surface area contributed by atoms with E-state index in [1.54, 1.807) is 0 Å². The molecule has 0 radical (unpaired) electrons. The van der Waals surface area contributed by atoms with E-state index in [0.29, 0.717) is 12.5 Å². The van der Waals surface area contributed by atoms with Crippen LogP contribution >= 0.6 is 15.9 Å². The molecule has 15 heavy (non-hydrogen) atoms. The van der Waals surface area contributed by atoms with Gasteiger partial charge in [-0.2, -0.15) is 0 Å². The Morgan fingerprint density at radius 1 is 1.40 bits per heavy atom. The first kappa shape index (κ1) is 14.9. The Hall–Kier alpha value is -0.0900. The lowest BCUT2D eigenvalue weighted by Crippen LogP contribution is -2.36. The summed E-state index contributed by atoms with van der Waals surface area (Å²) in [6.45, 7) is 5.97. The zero-order valence-corrected chi connectivity index (χ0v) is 11.6. The fraction of sp³-hybridized carbons (Fsp3) is 0.909. The van der Waals surface area contributed by atoms with Crippen molar-refractivity contribution in [1.82, 2.24) is 10.2 Å². The Balaban J connectivity index is 3.38. The van der Waals surface area contributed by atoms with Gasteiger partial charge in [0, 0.05) is 30.9 Å². The summed E-state index contributed by atoms with van der Waals surface area (Å²) in [6.07, 6.45) is 2.69. The van der Waals surface area contributed by atoms with Crippen molar-refractivity contribution in [2.24, 2.45) is 0 Å². The molecule has 0 aromatic heterocycles. The fourth-order valence-corrected chi connectivity index (χ4v) is 1.49. The molecule has 0 aliphatic carbocycles. The number of likely N-dealkylation sites (N-methyl/N-ethyl adjacent to an activating group) is 1. The zero-order valence-electron chi connectivity index (χ0n) is 10.1. The fourth-order valence-electron chi connectivity index (χ4n) is 1.10. The molecule has 0 bridgehead atoms. The molecule has 0 saturated carbocycles. The number of carbonyl (C=O) groups is 1. The van der Waals surface area contributed by atoms with Gasteiger partial charge in [0.1, 0.15) is 0 Å². The van der Waals surface area contributed by atoms with Crippen molar-refractivity contribution in [1.29, 1.82) is 0 Å². The zero-order chi connectivity index (χ0) is 11.7. The standard InChI is InChI=1S/C11H23BrN2O/c1-10(2)14(3)9-8-13-11(15)6-4-5-7-12/h10H,4-9H2,1-3H3,(H,13,15). The monoisotopic (exact) mass is 278 g/mol.